The second-order valence-electron chi connectivity index (χ2n) is 7.36. The molecule has 2 aromatic carbocycles. The molecule has 0 aliphatic carbocycles. The van der Waals surface area contributed by atoms with Crippen molar-refractivity contribution in [2.75, 3.05) is 27.2 Å². The molecular formula is C21H22N6O4S. The highest BCUT2D eigenvalue weighted by Crippen LogP contribution is 2.24. The highest BCUT2D eigenvalue weighted by atomic mass is 32.2. The number of amides is 2. The topological polar surface area (TPSA) is 126 Å². The van der Waals surface area contributed by atoms with E-state index in [-0.39, 0.29) is 17.6 Å². The number of sulfonamides is 1. The fourth-order valence-corrected chi connectivity index (χ4v) is 4.90. The summed E-state index contributed by atoms with van der Waals surface area (Å²) >= 11 is 0. The van der Waals surface area contributed by atoms with E-state index in [9.17, 15) is 18.0 Å². The van der Waals surface area contributed by atoms with Gasteiger partial charge in [-0.15, -0.1) is 0 Å². The molecule has 2 amide bonds. The molecule has 10 nitrogen and oxygen atoms in total. The number of carbonyl (C=O) groups excluding carboxylic acids is 2. The molecule has 1 unspecified atom stereocenters. The Labute approximate surface area is 185 Å². The van der Waals surface area contributed by atoms with E-state index in [0.29, 0.717) is 35.6 Å². The van der Waals surface area contributed by atoms with Crippen LogP contribution in [0.4, 0.5) is 17.1 Å². The van der Waals surface area contributed by atoms with Crippen LogP contribution in [0.5, 0.6) is 0 Å². The van der Waals surface area contributed by atoms with Crippen molar-refractivity contribution in [1.82, 2.24) is 14.8 Å². The van der Waals surface area contributed by atoms with Crippen LogP contribution in [0.15, 0.2) is 61.2 Å². The van der Waals surface area contributed by atoms with Crippen molar-refractivity contribution >= 4 is 38.9 Å². The SMILES string of the molecule is CC(C(=O)Nc1ccc(NC(=O)c2ccc(N3CCCS3(=O)=O)cc2)cc1)n1cncn1. The Hall–Kier alpha value is -3.73. The van der Waals surface area contributed by atoms with Gasteiger partial charge in [0.1, 0.15) is 18.7 Å². The zero-order valence-corrected chi connectivity index (χ0v) is 18.1. The van der Waals surface area contributed by atoms with Crippen LogP contribution in [0.25, 0.3) is 0 Å². The Kier molecular flexibility index (Phi) is 5.91. The summed E-state index contributed by atoms with van der Waals surface area (Å²) in [6.45, 7) is 2.16. The molecule has 0 spiro atoms. The van der Waals surface area contributed by atoms with E-state index in [1.807, 2.05) is 0 Å². The van der Waals surface area contributed by atoms with Crippen LogP contribution in [0.1, 0.15) is 29.7 Å². The molecule has 166 valence electrons. The standard InChI is InChI=1S/C21H22N6O4S/c1-15(26-14-22-13-23-26)20(28)24-17-5-7-18(8-6-17)25-21(29)16-3-9-19(10-4-16)27-11-2-12-32(27,30)31/h3-10,13-15H,2,11-12H2,1H3,(H,24,28)(H,25,29). The van der Waals surface area contributed by atoms with Crippen molar-refractivity contribution in [3.63, 3.8) is 0 Å². The Bertz CT molecular complexity index is 1210. The lowest BCUT2D eigenvalue weighted by molar-refractivity contribution is -0.119. The Morgan fingerprint density at radius 1 is 1.00 bits per heavy atom. The molecule has 32 heavy (non-hydrogen) atoms. The van der Waals surface area contributed by atoms with Gasteiger partial charge in [-0.05, 0) is 61.9 Å². The number of hydrogen-bond donors (Lipinski definition) is 2. The van der Waals surface area contributed by atoms with E-state index < -0.39 is 16.1 Å². The predicted octanol–water partition coefficient (Wildman–Crippen LogP) is 2.27. The maximum Gasteiger partial charge on any atom is 0.255 e. The monoisotopic (exact) mass is 454 g/mol. The van der Waals surface area contributed by atoms with Gasteiger partial charge in [0.05, 0.1) is 11.4 Å². The van der Waals surface area contributed by atoms with E-state index in [1.54, 1.807) is 55.5 Å². The number of nitrogens with zero attached hydrogens (tertiary/aromatic N) is 4. The normalized spacial score (nSPS) is 15.8. The van der Waals surface area contributed by atoms with Gasteiger partial charge in [0, 0.05) is 23.5 Å². The highest BCUT2D eigenvalue weighted by molar-refractivity contribution is 7.93. The smallest absolute Gasteiger partial charge is 0.255 e. The molecule has 3 aromatic rings. The number of rotatable bonds is 6. The summed E-state index contributed by atoms with van der Waals surface area (Å²) in [7, 11) is -3.26. The molecule has 1 aromatic heterocycles. The summed E-state index contributed by atoms with van der Waals surface area (Å²) in [4.78, 5) is 28.7. The lowest BCUT2D eigenvalue weighted by Crippen LogP contribution is -2.25. The van der Waals surface area contributed by atoms with E-state index in [1.165, 1.54) is 21.6 Å². The van der Waals surface area contributed by atoms with Crippen molar-refractivity contribution in [2.24, 2.45) is 0 Å². The summed E-state index contributed by atoms with van der Waals surface area (Å²) in [5.41, 5.74) is 2.10. The van der Waals surface area contributed by atoms with Crippen LogP contribution in [0.2, 0.25) is 0 Å². The maximum absolute atomic E-state index is 12.5. The van der Waals surface area contributed by atoms with Crippen LogP contribution >= 0.6 is 0 Å². The Balaban J connectivity index is 1.36. The van der Waals surface area contributed by atoms with Crippen molar-refractivity contribution in [1.29, 1.82) is 0 Å². The third kappa shape index (κ3) is 4.62. The van der Waals surface area contributed by atoms with E-state index in [2.05, 4.69) is 20.7 Å². The fraction of sp³-hybridized carbons (Fsp3) is 0.238. The van der Waals surface area contributed by atoms with Crippen molar-refractivity contribution in [2.45, 2.75) is 19.4 Å². The largest absolute Gasteiger partial charge is 0.324 e. The first-order valence-electron chi connectivity index (χ1n) is 10.0. The number of anilines is 3. The zero-order chi connectivity index (χ0) is 22.7. The third-order valence-electron chi connectivity index (χ3n) is 5.14. The number of benzene rings is 2. The molecule has 4 rings (SSSR count). The third-order valence-corrected chi connectivity index (χ3v) is 7.01. The molecule has 0 bridgehead atoms. The van der Waals surface area contributed by atoms with Gasteiger partial charge in [-0.2, -0.15) is 5.10 Å². The van der Waals surface area contributed by atoms with E-state index >= 15 is 0 Å². The molecule has 11 heteroatoms. The van der Waals surface area contributed by atoms with Crippen LogP contribution in [-0.2, 0) is 14.8 Å². The molecule has 0 saturated carbocycles. The van der Waals surface area contributed by atoms with Crippen LogP contribution < -0.4 is 14.9 Å². The summed E-state index contributed by atoms with van der Waals surface area (Å²) in [6.07, 6.45) is 3.43. The second kappa shape index (κ2) is 8.79. The molecule has 2 heterocycles. The average molecular weight is 455 g/mol. The number of hydrogen-bond acceptors (Lipinski definition) is 6. The lowest BCUT2D eigenvalue weighted by Gasteiger charge is -2.17. The minimum absolute atomic E-state index is 0.144. The second-order valence-corrected chi connectivity index (χ2v) is 9.37. The molecule has 2 N–H and O–H groups in total. The highest BCUT2D eigenvalue weighted by Gasteiger charge is 2.28. The molecule has 1 aliphatic heterocycles. The minimum Gasteiger partial charge on any atom is -0.324 e. The molecule has 1 atom stereocenters. The Morgan fingerprint density at radius 3 is 2.22 bits per heavy atom. The number of nitrogens with one attached hydrogen (secondary N) is 2. The summed E-state index contributed by atoms with van der Waals surface area (Å²) in [6, 6.07) is 12.7. The van der Waals surface area contributed by atoms with Gasteiger partial charge < -0.3 is 10.6 Å². The minimum atomic E-state index is -3.26. The van der Waals surface area contributed by atoms with Gasteiger partial charge in [-0.1, -0.05) is 0 Å². The van der Waals surface area contributed by atoms with E-state index in [0.717, 1.165) is 0 Å². The summed E-state index contributed by atoms with van der Waals surface area (Å²) in [5, 5.41) is 9.53. The Morgan fingerprint density at radius 2 is 1.66 bits per heavy atom. The van der Waals surface area contributed by atoms with Crippen LogP contribution in [0.3, 0.4) is 0 Å². The lowest BCUT2D eigenvalue weighted by atomic mass is 10.2. The van der Waals surface area contributed by atoms with Crippen molar-refractivity contribution < 1.29 is 18.0 Å². The average Bonchev–Trinajstić information content (AvgIpc) is 3.44. The zero-order valence-electron chi connectivity index (χ0n) is 17.3. The first-order chi connectivity index (χ1) is 15.3. The molecule has 1 fully saturated rings. The van der Waals surface area contributed by atoms with E-state index in [4.69, 9.17) is 0 Å². The number of aromatic nitrogens is 3. The molecular weight excluding hydrogens is 432 g/mol. The van der Waals surface area contributed by atoms with Gasteiger partial charge in [0.25, 0.3) is 5.91 Å². The molecule has 0 radical (unpaired) electrons. The number of carbonyl (C=O) groups is 2. The first kappa shape index (κ1) is 21.5. The summed E-state index contributed by atoms with van der Waals surface area (Å²) in [5.74, 6) is -0.421. The predicted molar refractivity (Wildman–Crippen MR) is 120 cm³/mol. The van der Waals surface area contributed by atoms with Gasteiger partial charge in [0.2, 0.25) is 15.9 Å². The van der Waals surface area contributed by atoms with Crippen LogP contribution in [0, 0.1) is 0 Å². The van der Waals surface area contributed by atoms with Gasteiger partial charge in [-0.3, -0.25) is 13.9 Å². The molecule has 1 saturated heterocycles. The van der Waals surface area contributed by atoms with Gasteiger partial charge in [-0.25, -0.2) is 18.1 Å². The van der Waals surface area contributed by atoms with Crippen molar-refractivity contribution in [3.8, 4) is 0 Å². The maximum atomic E-state index is 12.5. The molecule has 1 aliphatic rings. The first-order valence-corrected chi connectivity index (χ1v) is 11.6. The van der Waals surface area contributed by atoms with Crippen LogP contribution in [-0.4, -0.2) is 47.3 Å². The van der Waals surface area contributed by atoms with Crippen molar-refractivity contribution in [3.05, 3.63) is 66.7 Å². The summed E-state index contributed by atoms with van der Waals surface area (Å²) < 4.78 is 26.9. The van der Waals surface area contributed by atoms with Gasteiger partial charge in [0.15, 0.2) is 0 Å². The quantitative estimate of drug-likeness (QED) is 0.588. The fourth-order valence-electron chi connectivity index (χ4n) is 3.33. The van der Waals surface area contributed by atoms with Gasteiger partial charge >= 0.3 is 0 Å².